The van der Waals surface area contributed by atoms with Gasteiger partial charge in [0, 0.05) is 54.6 Å². The van der Waals surface area contributed by atoms with Gasteiger partial charge in [0.15, 0.2) is 0 Å². The van der Waals surface area contributed by atoms with Gasteiger partial charge in [-0.25, -0.2) is 4.98 Å². The minimum absolute atomic E-state index is 0.481. The average Bonchev–Trinajstić information content (AvgIpc) is 3.63. The Morgan fingerprint density at radius 2 is 2.00 bits per heavy atom. The van der Waals surface area contributed by atoms with Crippen molar-refractivity contribution >= 4 is 23.9 Å². The number of hydrogen-bond donors (Lipinski definition) is 2. The summed E-state index contributed by atoms with van der Waals surface area (Å²) in [6, 6.07) is 5.90. The number of likely N-dealkylation sites (N-methyl/N-ethyl adjacent to an activating group) is 1. The van der Waals surface area contributed by atoms with Gasteiger partial charge in [0.1, 0.15) is 17.9 Å². The Morgan fingerprint density at radius 1 is 1.26 bits per heavy atom. The van der Waals surface area contributed by atoms with E-state index in [9.17, 15) is 4.79 Å². The Balaban J connectivity index is 0.000000330. The quantitative estimate of drug-likeness (QED) is 0.655. The molecule has 0 spiro atoms. The molecule has 7 nitrogen and oxygen atoms in total. The molecule has 1 saturated heterocycles. The van der Waals surface area contributed by atoms with Gasteiger partial charge in [0.25, 0.3) is 0 Å². The number of morpholine rings is 1. The second-order valence-corrected chi connectivity index (χ2v) is 7.68. The molecule has 2 aliphatic rings. The van der Waals surface area contributed by atoms with Gasteiger partial charge in [-0.1, -0.05) is 18.7 Å². The van der Waals surface area contributed by atoms with Crippen LogP contribution in [0.1, 0.15) is 28.8 Å². The molecular weight excluding hydrogens is 392 g/mol. The molecule has 0 bridgehead atoms. The Morgan fingerprint density at radius 3 is 2.52 bits per heavy atom. The van der Waals surface area contributed by atoms with Gasteiger partial charge in [0.05, 0.1) is 26.0 Å². The zero-order valence-electron chi connectivity index (χ0n) is 18.6. The van der Waals surface area contributed by atoms with E-state index in [2.05, 4.69) is 34.1 Å². The van der Waals surface area contributed by atoms with E-state index in [1.54, 1.807) is 25.3 Å². The van der Waals surface area contributed by atoms with Gasteiger partial charge in [0.2, 0.25) is 0 Å². The third-order valence-corrected chi connectivity index (χ3v) is 5.37. The lowest BCUT2D eigenvalue weighted by molar-refractivity contribution is 0.0503. The summed E-state index contributed by atoms with van der Waals surface area (Å²) in [6.45, 7) is 7.96. The number of carbonyl (C=O) groups excluding carboxylic acids is 1. The maximum atomic E-state index is 11.0. The molecule has 0 unspecified atom stereocenters. The molecule has 1 aromatic heterocycles. The van der Waals surface area contributed by atoms with E-state index in [1.165, 1.54) is 0 Å². The standard InChI is InChI=1S/C19H21N3O2.C5H11NO/c1-4-14-18(22-13-6-7-13)16(10-21-19(14)20-2)15-8-5-12(11-23)9-17(15)24-3;1-6-2-4-7-5-3-6/h4-5,8-11,13H,1,6-7H2,2-3H3,(H2,20,21,22);2-5H2,1H3. The van der Waals surface area contributed by atoms with E-state index < -0.39 is 0 Å². The van der Waals surface area contributed by atoms with Gasteiger partial charge in [-0.15, -0.1) is 0 Å². The number of anilines is 2. The van der Waals surface area contributed by atoms with E-state index in [1.807, 2.05) is 19.3 Å². The number of hydrogen-bond acceptors (Lipinski definition) is 7. The van der Waals surface area contributed by atoms with Crippen LogP contribution >= 0.6 is 0 Å². The Bertz CT molecular complexity index is 906. The molecule has 1 aromatic carbocycles. The maximum Gasteiger partial charge on any atom is 0.150 e. The topological polar surface area (TPSA) is 75.7 Å². The lowest BCUT2D eigenvalue weighted by atomic mass is 9.99. The van der Waals surface area contributed by atoms with Crippen molar-refractivity contribution in [1.29, 1.82) is 0 Å². The van der Waals surface area contributed by atoms with E-state index in [0.717, 1.165) is 73.6 Å². The molecule has 1 saturated carbocycles. The van der Waals surface area contributed by atoms with Gasteiger partial charge >= 0.3 is 0 Å². The van der Waals surface area contributed by atoms with Crippen LogP contribution in [0.5, 0.6) is 5.75 Å². The van der Waals surface area contributed by atoms with Crippen LogP contribution in [0, 0.1) is 0 Å². The van der Waals surface area contributed by atoms with Gasteiger partial charge < -0.3 is 25.0 Å². The molecule has 2 fully saturated rings. The summed E-state index contributed by atoms with van der Waals surface area (Å²) in [5.41, 5.74) is 4.33. The number of ether oxygens (including phenoxy) is 2. The number of methoxy groups -OCH3 is 1. The number of carbonyl (C=O) groups is 1. The number of aromatic nitrogens is 1. The molecule has 0 atom stereocenters. The van der Waals surface area contributed by atoms with Crippen LogP contribution in [0.2, 0.25) is 0 Å². The van der Waals surface area contributed by atoms with E-state index in [0.29, 0.717) is 17.4 Å². The van der Waals surface area contributed by atoms with Crippen LogP contribution in [0.25, 0.3) is 17.2 Å². The average molecular weight is 425 g/mol. The second-order valence-electron chi connectivity index (χ2n) is 7.68. The van der Waals surface area contributed by atoms with Crippen molar-refractivity contribution in [3.63, 3.8) is 0 Å². The van der Waals surface area contributed by atoms with Crippen molar-refractivity contribution in [2.45, 2.75) is 18.9 Å². The Hall–Kier alpha value is -2.90. The minimum Gasteiger partial charge on any atom is -0.496 e. The molecule has 7 heteroatoms. The smallest absolute Gasteiger partial charge is 0.150 e. The summed E-state index contributed by atoms with van der Waals surface area (Å²) >= 11 is 0. The first-order valence-electron chi connectivity index (χ1n) is 10.6. The molecule has 0 radical (unpaired) electrons. The summed E-state index contributed by atoms with van der Waals surface area (Å²) < 4.78 is 10.6. The molecule has 2 N–H and O–H groups in total. The zero-order valence-corrected chi connectivity index (χ0v) is 18.6. The molecule has 4 rings (SSSR count). The highest BCUT2D eigenvalue weighted by atomic mass is 16.5. The number of nitrogens with one attached hydrogen (secondary N) is 2. The van der Waals surface area contributed by atoms with Crippen LogP contribution in [0.4, 0.5) is 11.5 Å². The number of nitrogens with zero attached hydrogens (tertiary/aromatic N) is 2. The molecule has 166 valence electrons. The van der Waals surface area contributed by atoms with Crippen LogP contribution in [-0.4, -0.2) is 69.7 Å². The fraction of sp³-hybridized carbons (Fsp3) is 0.417. The van der Waals surface area contributed by atoms with Gasteiger partial charge in [-0.3, -0.25) is 4.79 Å². The van der Waals surface area contributed by atoms with Crippen molar-refractivity contribution < 1.29 is 14.3 Å². The van der Waals surface area contributed by atoms with E-state index in [4.69, 9.17) is 9.47 Å². The first-order chi connectivity index (χ1) is 15.1. The van der Waals surface area contributed by atoms with E-state index in [-0.39, 0.29) is 0 Å². The van der Waals surface area contributed by atoms with Crippen molar-refractivity contribution in [2.75, 3.05) is 58.1 Å². The molecule has 1 aliphatic carbocycles. The molecule has 2 aromatic rings. The highest BCUT2D eigenvalue weighted by molar-refractivity contribution is 5.91. The van der Waals surface area contributed by atoms with Gasteiger partial charge in [-0.2, -0.15) is 0 Å². The molecule has 0 amide bonds. The predicted octanol–water partition coefficient (Wildman–Crippen LogP) is 3.78. The predicted molar refractivity (Wildman–Crippen MR) is 126 cm³/mol. The second kappa shape index (κ2) is 10.9. The third kappa shape index (κ3) is 5.83. The minimum atomic E-state index is 0.481. The largest absolute Gasteiger partial charge is 0.496 e. The SMILES string of the molecule is C=Cc1c(NC)ncc(-c2ccc(C=O)cc2OC)c1NC1CC1.CN1CCOCC1. The van der Waals surface area contributed by atoms with E-state index >= 15 is 0 Å². The third-order valence-electron chi connectivity index (χ3n) is 5.37. The lowest BCUT2D eigenvalue weighted by Gasteiger charge is -2.21. The fourth-order valence-corrected chi connectivity index (χ4v) is 3.37. The summed E-state index contributed by atoms with van der Waals surface area (Å²) in [4.78, 5) is 17.8. The Kier molecular flexibility index (Phi) is 8.03. The summed E-state index contributed by atoms with van der Waals surface area (Å²) in [6.07, 6.45) is 6.76. The van der Waals surface area contributed by atoms with Crippen molar-refractivity contribution in [3.05, 3.63) is 42.1 Å². The normalized spacial score (nSPS) is 16.0. The van der Waals surface area contributed by atoms with Crippen LogP contribution in [0.3, 0.4) is 0 Å². The van der Waals surface area contributed by atoms with Crippen LogP contribution < -0.4 is 15.4 Å². The van der Waals surface area contributed by atoms with Crippen molar-refractivity contribution in [1.82, 2.24) is 9.88 Å². The van der Waals surface area contributed by atoms with Crippen molar-refractivity contribution in [3.8, 4) is 16.9 Å². The van der Waals surface area contributed by atoms with Crippen LogP contribution in [0.15, 0.2) is 31.0 Å². The maximum absolute atomic E-state index is 11.0. The number of pyridine rings is 1. The number of rotatable bonds is 7. The highest BCUT2D eigenvalue weighted by Gasteiger charge is 2.25. The molecular formula is C24H32N4O3. The highest BCUT2D eigenvalue weighted by Crippen LogP contribution is 2.41. The molecule has 1 aliphatic heterocycles. The van der Waals surface area contributed by atoms with Crippen molar-refractivity contribution in [2.24, 2.45) is 0 Å². The summed E-state index contributed by atoms with van der Waals surface area (Å²) in [5, 5.41) is 6.69. The monoisotopic (exact) mass is 424 g/mol. The fourth-order valence-electron chi connectivity index (χ4n) is 3.37. The molecule has 31 heavy (non-hydrogen) atoms. The first-order valence-corrected chi connectivity index (χ1v) is 10.6. The number of aldehydes is 1. The lowest BCUT2D eigenvalue weighted by Crippen LogP contribution is -2.32. The Labute approximate surface area is 184 Å². The van der Waals surface area contributed by atoms with Crippen LogP contribution in [-0.2, 0) is 4.74 Å². The zero-order chi connectivity index (χ0) is 22.2. The summed E-state index contributed by atoms with van der Waals surface area (Å²) in [7, 11) is 5.56. The first kappa shape index (κ1) is 22.8. The van der Waals surface area contributed by atoms with Gasteiger partial charge in [-0.05, 0) is 32.0 Å². The number of benzene rings is 1. The summed E-state index contributed by atoms with van der Waals surface area (Å²) in [5.74, 6) is 1.42. The molecule has 2 heterocycles.